The third kappa shape index (κ3) is 6.80. The molecule has 1 unspecified atom stereocenters. The SMILES string of the molecule is Cc1cccc(OCCN(C)C(C)C(=O)NCC(F)(F)F)c1. The van der Waals surface area contributed by atoms with Crippen molar-refractivity contribution >= 4 is 5.91 Å². The quantitative estimate of drug-likeness (QED) is 0.839. The molecule has 0 saturated heterocycles. The highest BCUT2D eigenvalue weighted by molar-refractivity contribution is 5.81. The number of likely N-dealkylation sites (N-methyl/N-ethyl adjacent to an activating group) is 1. The highest BCUT2D eigenvalue weighted by atomic mass is 19.4. The number of ether oxygens (including phenoxy) is 1. The average Bonchev–Trinajstić information content (AvgIpc) is 2.43. The summed E-state index contributed by atoms with van der Waals surface area (Å²) in [7, 11) is 1.66. The Morgan fingerprint density at radius 2 is 2.09 bits per heavy atom. The minimum Gasteiger partial charge on any atom is -0.492 e. The Labute approximate surface area is 128 Å². The lowest BCUT2D eigenvalue weighted by Gasteiger charge is -2.24. The van der Waals surface area contributed by atoms with E-state index in [1.54, 1.807) is 18.9 Å². The van der Waals surface area contributed by atoms with E-state index in [0.717, 1.165) is 11.3 Å². The van der Waals surface area contributed by atoms with Crippen molar-refractivity contribution in [2.45, 2.75) is 26.1 Å². The summed E-state index contributed by atoms with van der Waals surface area (Å²) in [6, 6.07) is 6.88. The molecule has 4 nitrogen and oxygen atoms in total. The molecule has 7 heteroatoms. The van der Waals surface area contributed by atoms with E-state index >= 15 is 0 Å². The first-order chi connectivity index (χ1) is 10.2. The van der Waals surface area contributed by atoms with Gasteiger partial charge in [0.15, 0.2) is 0 Å². The van der Waals surface area contributed by atoms with E-state index in [1.807, 2.05) is 36.5 Å². The molecule has 1 amide bonds. The molecule has 124 valence electrons. The van der Waals surface area contributed by atoms with Gasteiger partial charge in [0.2, 0.25) is 5.91 Å². The summed E-state index contributed by atoms with van der Waals surface area (Å²) in [6.07, 6.45) is -4.40. The van der Waals surface area contributed by atoms with Crippen molar-refractivity contribution in [1.82, 2.24) is 10.2 Å². The number of nitrogens with zero attached hydrogens (tertiary/aromatic N) is 1. The number of benzene rings is 1. The third-order valence-corrected chi connectivity index (χ3v) is 3.21. The molecule has 1 atom stereocenters. The van der Waals surface area contributed by atoms with Gasteiger partial charge >= 0.3 is 6.18 Å². The molecule has 0 aromatic heterocycles. The molecule has 1 aromatic rings. The highest BCUT2D eigenvalue weighted by Crippen LogP contribution is 2.13. The lowest BCUT2D eigenvalue weighted by molar-refractivity contribution is -0.141. The minimum absolute atomic E-state index is 0.344. The molecule has 0 aliphatic carbocycles. The number of rotatable bonds is 7. The fraction of sp³-hybridized carbons (Fsp3) is 0.533. The fourth-order valence-electron chi connectivity index (χ4n) is 1.74. The molecule has 0 fully saturated rings. The second kappa shape index (κ2) is 8.03. The van der Waals surface area contributed by atoms with E-state index < -0.39 is 24.7 Å². The van der Waals surface area contributed by atoms with E-state index in [4.69, 9.17) is 4.74 Å². The summed E-state index contributed by atoms with van der Waals surface area (Å²) in [6.45, 7) is 2.96. The van der Waals surface area contributed by atoms with Crippen LogP contribution in [0, 0.1) is 6.92 Å². The van der Waals surface area contributed by atoms with Crippen LogP contribution in [0.25, 0.3) is 0 Å². The minimum atomic E-state index is -4.40. The molecule has 0 saturated carbocycles. The van der Waals surface area contributed by atoms with Crippen molar-refractivity contribution in [3.8, 4) is 5.75 Å². The number of carbonyl (C=O) groups excluding carboxylic acids is 1. The maximum absolute atomic E-state index is 12.1. The predicted octanol–water partition coefficient (Wildman–Crippen LogP) is 2.37. The van der Waals surface area contributed by atoms with E-state index in [1.165, 1.54) is 0 Å². The lowest BCUT2D eigenvalue weighted by atomic mass is 10.2. The van der Waals surface area contributed by atoms with Crippen molar-refractivity contribution in [2.24, 2.45) is 0 Å². The van der Waals surface area contributed by atoms with E-state index in [-0.39, 0.29) is 0 Å². The number of aryl methyl sites for hydroxylation is 1. The van der Waals surface area contributed by atoms with Gasteiger partial charge in [-0.05, 0) is 38.6 Å². The summed E-state index contributed by atoms with van der Waals surface area (Å²) >= 11 is 0. The number of carbonyl (C=O) groups is 1. The number of alkyl halides is 3. The number of hydrogen-bond acceptors (Lipinski definition) is 3. The Bertz CT molecular complexity index is 492. The molecule has 1 aromatic carbocycles. The summed E-state index contributed by atoms with van der Waals surface area (Å²) in [5, 5.41) is 1.87. The van der Waals surface area contributed by atoms with Gasteiger partial charge in [0.1, 0.15) is 18.9 Å². The predicted molar refractivity (Wildman–Crippen MR) is 77.8 cm³/mol. The van der Waals surface area contributed by atoms with Gasteiger partial charge in [-0.25, -0.2) is 0 Å². The van der Waals surface area contributed by atoms with Crippen LogP contribution in [0.2, 0.25) is 0 Å². The molecule has 1 rings (SSSR count). The normalized spacial score (nSPS) is 13.0. The topological polar surface area (TPSA) is 41.6 Å². The van der Waals surface area contributed by atoms with Gasteiger partial charge in [-0.15, -0.1) is 0 Å². The van der Waals surface area contributed by atoms with Crippen molar-refractivity contribution in [2.75, 3.05) is 26.7 Å². The van der Waals surface area contributed by atoms with Gasteiger partial charge in [-0.3, -0.25) is 9.69 Å². The van der Waals surface area contributed by atoms with Crippen LogP contribution in [0.15, 0.2) is 24.3 Å². The largest absolute Gasteiger partial charge is 0.492 e. The zero-order valence-corrected chi connectivity index (χ0v) is 12.9. The Hall–Kier alpha value is -1.76. The van der Waals surface area contributed by atoms with Gasteiger partial charge in [-0.2, -0.15) is 13.2 Å². The highest BCUT2D eigenvalue weighted by Gasteiger charge is 2.29. The molecule has 0 spiro atoms. The van der Waals surface area contributed by atoms with Gasteiger partial charge in [0, 0.05) is 6.54 Å². The van der Waals surface area contributed by atoms with Crippen LogP contribution in [0.1, 0.15) is 12.5 Å². The second-order valence-electron chi connectivity index (χ2n) is 5.15. The van der Waals surface area contributed by atoms with Crippen LogP contribution >= 0.6 is 0 Å². The first-order valence-corrected chi connectivity index (χ1v) is 6.93. The molecule has 22 heavy (non-hydrogen) atoms. The van der Waals surface area contributed by atoms with Gasteiger partial charge in [0.05, 0.1) is 6.04 Å². The van der Waals surface area contributed by atoms with Crippen LogP contribution in [-0.4, -0.2) is 49.8 Å². The maximum atomic E-state index is 12.1. The number of halogens is 3. The van der Waals surface area contributed by atoms with Gasteiger partial charge in [-0.1, -0.05) is 12.1 Å². The fourth-order valence-corrected chi connectivity index (χ4v) is 1.74. The summed E-state index contributed by atoms with van der Waals surface area (Å²) < 4.78 is 41.7. The Morgan fingerprint density at radius 1 is 1.41 bits per heavy atom. The molecule has 0 radical (unpaired) electrons. The number of hydrogen-bond donors (Lipinski definition) is 1. The van der Waals surface area contributed by atoms with E-state index in [9.17, 15) is 18.0 Å². The molecule has 0 bridgehead atoms. The first-order valence-electron chi connectivity index (χ1n) is 6.93. The summed E-state index contributed by atoms with van der Waals surface area (Å²) in [5.41, 5.74) is 1.07. The first kappa shape index (κ1) is 18.3. The van der Waals surface area contributed by atoms with Gasteiger partial charge < -0.3 is 10.1 Å². The zero-order chi connectivity index (χ0) is 16.8. The molecule has 0 aliphatic heterocycles. The standard InChI is InChI=1S/C15H21F3N2O2/c1-11-5-4-6-13(9-11)22-8-7-20(3)12(2)14(21)19-10-15(16,17)18/h4-6,9,12H,7-8,10H2,1-3H3,(H,19,21). The second-order valence-corrected chi connectivity index (χ2v) is 5.15. The van der Waals surface area contributed by atoms with Crippen molar-refractivity contribution < 1.29 is 22.7 Å². The average molecular weight is 318 g/mol. The molecular formula is C15H21F3N2O2. The van der Waals surface area contributed by atoms with Crippen LogP contribution in [-0.2, 0) is 4.79 Å². The molecule has 0 heterocycles. The van der Waals surface area contributed by atoms with Crippen LogP contribution in [0.5, 0.6) is 5.75 Å². The molecular weight excluding hydrogens is 297 g/mol. The lowest BCUT2D eigenvalue weighted by Crippen LogP contribution is -2.46. The van der Waals surface area contributed by atoms with E-state index in [2.05, 4.69) is 0 Å². The Balaban J connectivity index is 2.34. The van der Waals surface area contributed by atoms with Crippen molar-refractivity contribution in [3.05, 3.63) is 29.8 Å². The number of nitrogens with one attached hydrogen (secondary N) is 1. The van der Waals surface area contributed by atoms with Crippen LogP contribution in [0.4, 0.5) is 13.2 Å². The van der Waals surface area contributed by atoms with Crippen molar-refractivity contribution in [1.29, 1.82) is 0 Å². The molecule has 1 N–H and O–H groups in total. The Kier molecular flexibility index (Phi) is 6.67. The van der Waals surface area contributed by atoms with E-state index in [0.29, 0.717) is 13.2 Å². The third-order valence-electron chi connectivity index (χ3n) is 3.21. The number of amides is 1. The smallest absolute Gasteiger partial charge is 0.405 e. The maximum Gasteiger partial charge on any atom is 0.405 e. The van der Waals surface area contributed by atoms with Crippen molar-refractivity contribution in [3.63, 3.8) is 0 Å². The van der Waals surface area contributed by atoms with Crippen LogP contribution < -0.4 is 10.1 Å². The summed E-state index contributed by atoms with van der Waals surface area (Å²) in [5.74, 6) is 0.0676. The van der Waals surface area contributed by atoms with Crippen LogP contribution in [0.3, 0.4) is 0 Å². The monoisotopic (exact) mass is 318 g/mol. The zero-order valence-electron chi connectivity index (χ0n) is 12.9. The Morgan fingerprint density at radius 3 is 2.68 bits per heavy atom. The van der Waals surface area contributed by atoms with Gasteiger partial charge in [0.25, 0.3) is 0 Å². The summed E-state index contributed by atoms with van der Waals surface area (Å²) in [4.78, 5) is 13.3. The molecule has 0 aliphatic rings.